The van der Waals surface area contributed by atoms with E-state index in [1.807, 2.05) is 60.9 Å². The summed E-state index contributed by atoms with van der Waals surface area (Å²) in [5.74, 6) is 3.51. The van der Waals surface area contributed by atoms with E-state index >= 15 is 0 Å². The number of halogens is 1. The number of para-hydroxylation sites is 1. The third-order valence-electron chi connectivity index (χ3n) is 6.68. The number of rotatable bonds is 12. The summed E-state index contributed by atoms with van der Waals surface area (Å²) in [5.41, 5.74) is 2.24. The Morgan fingerprint density at radius 3 is 2.18 bits per heavy atom. The Labute approximate surface area is 212 Å². The van der Waals surface area contributed by atoms with Crippen LogP contribution < -0.4 is 4.74 Å². The topological polar surface area (TPSA) is 35.0 Å². The number of benzene rings is 2. The second-order valence-electron chi connectivity index (χ2n) is 9.28. The van der Waals surface area contributed by atoms with Crippen molar-refractivity contribution in [2.45, 2.75) is 77.0 Å². The highest BCUT2D eigenvalue weighted by Gasteiger charge is 2.13. The maximum atomic E-state index is 5.98. The monoisotopic (exact) mass is 554 g/mol. The van der Waals surface area contributed by atoms with Gasteiger partial charge in [-0.25, -0.2) is 9.97 Å². The summed E-state index contributed by atoms with van der Waals surface area (Å²) in [4.78, 5) is 9.20. The van der Waals surface area contributed by atoms with Gasteiger partial charge in [0.25, 0.3) is 0 Å². The normalized spacial score (nSPS) is 14.0. The van der Waals surface area contributed by atoms with Gasteiger partial charge in [-0.1, -0.05) is 76.3 Å². The van der Waals surface area contributed by atoms with Crippen molar-refractivity contribution in [2.24, 2.45) is 5.92 Å². The molecule has 3 nitrogen and oxygen atoms in total. The first-order valence-corrected chi connectivity index (χ1v) is 13.7. The third-order valence-corrected chi connectivity index (χ3v) is 7.58. The van der Waals surface area contributed by atoms with Gasteiger partial charge < -0.3 is 4.74 Å². The van der Waals surface area contributed by atoms with E-state index in [0.717, 1.165) is 38.8 Å². The molecule has 3 aromatic rings. The van der Waals surface area contributed by atoms with Crippen molar-refractivity contribution in [1.82, 2.24) is 9.97 Å². The second-order valence-corrected chi connectivity index (χ2v) is 10.4. The number of unbranched alkanes of at least 4 members (excludes halogenated alkanes) is 5. The average Bonchev–Trinajstić information content (AvgIpc) is 3.37. The maximum absolute atomic E-state index is 5.98. The van der Waals surface area contributed by atoms with Crippen LogP contribution in [-0.2, 0) is 6.42 Å². The van der Waals surface area contributed by atoms with E-state index in [9.17, 15) is 0 Å². The first-order chi connectivity index (χ1) is 16.3. The number of aryl methyl sites for hydroxylation is 1. The summed E-state index contributed by atoms with van der Waals surface area (Å²) >= 11 is 2.29. The lowest BCUT2D eigenvalue weighted by molar-refractivity contribution is 0.461. The molecular formula is C29H35IN2O. The largest absolute Gasteiger partial charge is 0.456 e. The SMILES string of the molecule is Ic1ccccc1Oc1ccc(-c2ncc(CCCCCCCCC3CCCC3)cn2)cc1. The van der Waals surface area contributed by atoms with Crippen LogP contribution in [0.2, 0.25) is 0 Å². The fraction of sp³-hybridized carbons (Fsp3) is 0.448. The maximum Gasteiger partial charge on any atom is 0.159 e. The number of hydrogen-bond donors (Lipinski definition) is 0. The van der Waals surface area contributed by atoms with Crippen LogP contribution in [0.1, 0.15) is 76.2 Å². The van der Waals surface area contributed by atoms with Gasteiger partial charge in [0, 0.05) is 18.0 Å². The van der Waals surface area contributed by atoms with Gasteiger partial charge in [0.15, 0.2) is 5.82 Å². The Hall–Kier alpha value is -1.95. The molecule has 0 unspecified atom stereocenters. The molecule has 0 atom stereocenters. The van der Waals surface area contributed by atoms with E-state index in [-0.39, 0.29) is 0 Å². The molecule has 0 spiro atoms. The van der Waals surface area contributed by atoms with E-state index in [1.54, 1.807) is 0 Å². The van der Waals surface area contributed by atoms with Crippen molar-refractivity contribution in [3.8, 4) is 22.9 Å². The summed E-state index contributed by atoms with van der Waals surface area (Å²) in [6.07, 6.45) is 20.6. The van der Waals surface area contributed by atoms with E-state index < -0.39 is 0 Å². The zero-order chi connectivity index (χ0) is 22.7. The smallest absolute Gasteiger partial charge is 0.159 e. The standard InChI is InChI=1S/C29H35IN2O/c30-27-15-9-10-16-28(27)33-26-19-17-25(18-20-26)29-31-21-24(22-32-29)14-6-4-2-1-3-5-11-23-12-7-8-13-23/h9-10,15-23H,1-8,11-14H2. The van der Waals surface area contributed by atoms with Crippen LogP contribution in [0.5, 0.6) is 11.5 Å². The molecule has 1 aliphatic rings. The lowest BCUT2D eigenvalue weighted by Gasteiger charge is -2.08. The number of ether oxygens (including phenoxy) is 1. The molecule has 1 fully saturated rings. The van der Waals surface area contributed by atoms with Gasteiger partial charge in [0.2, 0.25) is 0 Å². The van der Waals surface area contributed by atoms with Crippen LogP contribution in [0.15, 0.2) is 60.9 Å². The molecule has 1 aromatic heterocycles. The van der Waals surface area contributed by atoms with Crippen LogP contribution in [0.25, 0.3) is 11.4 Å². The fourth-order valence-electron chi connectivity index (χ4n) is 4.73. The number of hydrogen-bond acceptors (Lipinski definition) is 3. The van der Waals surface area contributed by atoms with E-state index in [0.29, 0.717) is 0 Å². The molecule has 1 heterocycles. The number of aromatic nitrogens is 2. The quantitative estimate of drug-likeness (QED) is 0.166. The summed E-state index contributed by atoms with van der Waals surface area (Å²) in [6, 6.07) is 16.0. The van der Waals surface area contributed by atoms with Crippen LogP contribution in [-0.4, -0.2) is 9.97 Å². The molecule has 4 rings (SSSR count). The van der Waals surface area contributed by atoms with E-state index in [2.05, 4.69) is 32.6 Å². The fourth-order valence-corrected chi connectivity index (χ4v) is 5.23. The van der Waals surface area contributed by atoms with Gasteiger partial charge in [0.05, 0.1) is 3.57 Å². The third kappa shape index (κ3) is 7.80. The molecule has 0 saturated heterocycles. The minimum Gasteiger partial charge on any atom is -0.456 e. The highest BCUT2D eigenvalue weighted by atomic mass is 127. The summed E-state index contributed by atoms with van der Waals surface area (Å²) < 4.78 is 7.07. The molecule has 2 aromatic carbocycles. The first kappa shape index (κ1) is 24.2. The van der Waals surface area contributed by atoms with Gasteiger partial charge in [0.1, 0.15) is 11.5 Å². The lowest BCUT2D eigenvalue weighted by Crippen LogP contribution is -1.94. The molecular weight excluding hydrogens is 519 g/mol. The van der Waals surface area contributed by atoms with Crippen molar-refractivity contribution in [1.29, 1.82) is 0 Å². The highest BCUT2D eigenvalue weighted by Crippen LogP contribution is 2.30. The van der Waals surface area contributed by atoms with Crippen LogP contribution >= 0.6 is 22.6 Å². The Morgan fingerprint density at radius 1 is 0.788 bits per heavy atom. The molecule has 0 N–H and O–H groups in total. The molecule has 174 valence electrons. The minimum absolute atomic E-state index is 0.766. The molecule has 1 saturated carbocycles. The van der Waals surface area contributed by atoms with Gasteiger partial charge in [-0.3, -0.25) is 0 Å². The van der Waals surface area contributed by atoms with Gasteiger partial charge >= 0.3 is 0 Å². The Bertz CT molecular complexity index is 966. The van der Waals surface area contributed by atoms with Crippen molar-refractivity contribution >= 4 is 22.6 Å². The van der Waals surface area contributed by atoms with Gasteiger partial charge in [-0.05, 0) is 83.3 Å². The summed E-state index contributed by atoms with van der Waals surface area (Å²) in [5, 5.41) is 0. The molecule has 0 amide bonds. The van der Waals surface area contributed by atoms with Crippen molar-refractivity contribution in [3.05, 3.63) is 70.1 Å². The summed E-state index contributed by atoms with van der Waals surface area (Å²) in [7, 11) is 0. The van der Waals surface area contributed by atoms with Crippen LogP contribution in [0.4, 0.5) is 0 Å². The molecule has 0 radical (unpaired) electrons. The molecule has 33 heavy (non-hydrogen) atoms. The Balaban J connectivity index is 1.15. The minimum atomic E-state index is 0.766. The Kier molecular flexibility index (Phi) is 9.58. The summed E-state index contributed by atoms with van der Waals surface area (Å²) in [6.45, 7) is 0. The van der Waals surface area contributed by atoms with Crippen molar-refractivity contribution in [2.75, 3.05) is 0 Å². The van der Waals surface area contributed by atoms with Crippen LogP contribution in [0.3, 0.4) is 0 Å². The van der Waals surface area contributed by atoms with Crippen molar-refractivity contribution in [3.63, 3.8) is 0 Å². The van der Waals surface area contributed by atoms with Gasteiger partial charge in [-0.15, -0.1) is 0 Å². The van der Waals surface area contributed by atoms with E-state index in [1.165, 1.54) is 76.2 Å². The highest BCUT2D eigenvalue weighted by molar-refractivity contribution is 14.1. The lowest BCUT2D eigenvalue weighted by atomic mass is 9.99. The molecule has 1 aliphatic carbocycles. The average molecular weight is 555 g/mol. The molecule has 0 bridgehead atoms. The first-order valence-electron chi connectivity index (χ1n) is 12.6. The predicted molar refractivity (Wildman–Crippen MR) is 145 cm³/mol. The second kappa shape index (κ2) is 13.1. The van der Waals surface area contributed by atoms with Gasteiger partial charge in [-0.2, -0.15) is 0 Å². The van der Waals surface area contributed by atoms with E-state index in [4.69, 9.17) is 4.74 Å². The Morgan fingerprint density at radius 2 is 1.45 bits per heavy atom. The zero-order valence-electron chi connectivity index (χ0n) is 19.5. The zero-order valence-corrected chi connectivity index (χ0v) is 21.7. The number of nitrogens with zero attached hydrogens (tertiary/aromatic N) is 2. The molecule has 0 aliphatic heterocycles. The molecule has 4 heteroatoms. The van der Waals surface area contributed by atoms with Crippen LogP contribution in [0, 0.1) is 9.49 Å². The van der Waals surface area contributed by atoms with Crippen molar-refractivity contribution < 1.29 is 4.74 Å². The predicted octanol–water partition coefficient (Wildman–Crippen LogP) is 9.00.